The van der Waals surface area contributed by atoms with E-state index in [4.69, 9.17) is 4.74 Å². The summed E-state index contributed by atoms with van der Waals surface area (Å²) in [5.41, 5.74) is 6.40. The first-order valence-electron chi connectivity index (χ1n) is 8.75. The number of nitrogens with zero attached hydrogens (tertiary/aromatic N) is 1. The number of hydrazine groups is 1. The predicted octanol–water partition coefficient (Wildman–Crippen LogP) is 2.00. The molecule has 0 aromatic heterocycles. The van der Waals surface area contributed by atoms with Gasteiger partial charge in [-0.1, -0.05) is 31.0 Å². The number of carbonyl (C=O) groups excluding carboxylic acids is 2. The number of likely N-dealkylation sites (tertiary alicyclic amines) is 1. The molecule has 0 radical (unpaired) electrons. The molecular weight excluding hydrogens is 306 g/mol. The van der Waals surface area contributed by atoms with Crippen molar-refractivity contribution >= 4 is 11.9 Å². The lowest BCUT2D eigenvalue weighted by atomic mass is 9.86. The van der Waals surface area contributed by atoms with Crippen molar-refractivity contribution in [3.63, 3.8) is 0 Å². The van der Waals surface area contributed by atoms with Crippen LogP contribution in [0.15, 0.2) is 24.3 Å². The Morgan fingerprint density at radius 3 is 2.71 bits per heavy atom. The van der Waals surface area contributed by atoms with Crippen LogP contribution >= 0.6 is 0 Å². The van der Waals surface area contributed by atoms with E-state index < -0.39 is 6.10 Å². The van der Waals surface area contributed by atoms with Crippen LogP contribution in [0, 0.1) is 5.41 Å². The van der Waals surface area contributed by atoms with Crippen LogP contribution in [-0.4, -0.2) is 36.0 Å². The second kappa shape index (κ2) is 6.00. The molecule has 2 heterocycles. The van der Waals surface area contributed by atoms with Gasteiger partial charge in [0.1, 0.15) is 5.75 Å². The van der Waals surface area contributed by atoms with Gasteiger partial charge in [-0.05, 0) is 36.3 Å². The van der Waals surface area contributed by atoms with Gasteiger partial charge in [-0.3, -0.25) is 10.2 Å². The highest BCUT2D eigenvalue weighted by atomic mass is 16.5. The number of amides is 3. The Morgan fingerprint density at radius 2 is 1.92 bits per heavy atom. The number of urea groups is 1. The number of ether oxygens (including phenoxy) is 1. The fraction of sp³-hybridized carbons (Fsp3) is 0.556. The van der Waals surface area contributed by atoms with Crippen molar-refractivity contribution in [3.8, 4) is 5.75 Å². The molecule has 0 unspecified atom stereocenters. The van der Waals surface area contributed by atoms with Gasteiger partial charge >= 0.3 is 6.03 Å². The van der Waals surface area contributed by atoms with Crippen LogP contribution < -0.4 is 15.6 Å². The Kier molecular flexibility index (Phi) is 3.82. The summed E-state index contributed by atoms with van der Waals surface area (Å²) >= 11 is 0. The van der Waals surface area contributed by atoms with E-state index in [1.807, 2.05) is 29.2 Å². The lowest BCUT2D eigenvalue weighted by molar-refractivity contribution is -0.128. The van der Waals surface area contributed by atoms with Crippen LogP contribution in [0.2, 0.25) is 0 Å². The molecule has 6 heteroatoms. The van der Waals surface area contributed by atoms with Gasteiger partial charge in [0, 0.05) is 19.5 Å². The lowest BCUT2D eigenvalue weighted by Crippen LogP contribution is -2.52. The van der Waals surface area contributed by atoms with E-state index >= 15 is 0 Å². The number of benzene rings is 1. The Labute approximate surface area is 141 Å². The Balaban J connectivity index is 1.27. The van der Waals surface area contributed by atoms with Crippen molar-refractivity contribution in [3.05, 3.63) is 29.8 Å². The minimum Gasteiger partial charge on any atom is -0.480 e. The van der Waals surface area contributed by atoms with Crippen molar-refractivity contribution in [1.29, 1.82) is 0 Å². The smallest absolute Gasteiger partial charge is 0.336 e. The maximum absolute atomic E-state index is 12.3. The number of hydrogen-bond donors (Lipinski definition) is 2. The molecule has 1 saturated carbocycles. The summed E-state index contributed by atoms with van der Waals surface area (Å²) in [4.78, 5) is 26.3. The van der Waals surface area contributed by atoms with Gasteiger partial charge in [0.25, 0.3) is 5.91 Å². The number of hydrogen-bond acceptors (Lipinski definition) is 3. The second-order valence-corrected chi connectivity index (χ2v) is 7.22. The summed E-state index contributed by atoms with van der Waals surface area (Å²) in [5.74, 6) is 0.432. The maximum atomic E-state index is 12.3. The van der Waals surface area contributed by atoms with Gasteiger partial charge < -0.3 is 9.64 Å². The van der Waals surface area contributed by atoms with Crippen LogP contribution in [0.1, 0.15) is 37.7 Å². The molecular formula is C18H23N3O3. The number of para-hydroxylation sites is 1. The largest absolute Gasteiger partial charge is 0.480 e. The molecule has 1 aliphatic carbocycles. The average Bonchev–Trinajstić information content (AvgIpc) is 3.32. The van der Waals surface area contributed by atoms with Crippen molar-refractivity contribution in [2.45, 2.75) is 44.6 Å². The molecule has 0 bridgehead atoms. The van der Waals surface area contributed by atoms with Crippen LogP contribution in [0.25, 0.3) is 0 Å². The first-order valence-corrected chi connectivity index (χ1v) is 8.75. The third kappa shape index (κ3) is 2.81. The fourth-order valence-electron chi connectivity index (χ4n) is 4.24. The highest BCUT2D eigenvalue weighted by molar-refractivity contribution is 5.85. The molecule has 3 amide bonds. The number of fused-ring (bicyclic) bond motifs is 1. The van der Waals surface area contributed by atoms with E-state index in [0.717, 1.165) is 30.8 Å². The number of carbonyl (C=O) groups is 2. The standard InChI is InChI=1S/C18H23N3O3/c22-16(15-11-13-5-1-2-6-14(13)24-15)19-20-17(23)21-10-9-18(12-21)7-3-4-8-18/h1-2,5-6,15H,3-4,7-12H2,(H,19,22)(H,20,23)/t15-/m0/s1. The van der Waals surface area contributed by atoms with Crippen LogP contribution in [0.5, 0.6) is 5.75 Å². The SMILES string of the molecule is O=C(NNC(=O)N1CCC2(CCCC2)C1)[C@@H]1Cc2ccccc2O1. The van der Waals surface area contributed by atoms with E-state index in [2.05, 4.69) is 10.9 Å². The van der Waals surface area contributed by atoms with Gasteiger partial charge in [-0.2, -0.15) is 0 Å². The Bertz CT molecular complexity index is 630. The summed E-state index contributed by atoms with van der Waals surface area (Å²) < 4.78 is 5.63. The first-order chi connectivity index (χ1) is 11.7. The zero-order chi connectivity index (χ0) is 16.6. The van der Waals surface area contributed by atoms with Crippen LogP contribution in [0.4, 0.5) is 4.79 Å². The minimum atomic E-state index is -0.581. The summed E-state index contributed by atoms with van der Waals surface area (Å²) in [6.45, 7) is 1.58. The Morgan fingerprint density at radius 1 is 1.12 bits per heavy atom. The molecule has 2 N–H and O–H groups in total. The second-order valence-electron chi connectivity index (χ2n) is 7.22. The monoisotopic (exact) mass is 329 g/mol. The van der Waals surface area contributed by atoms with Crippen molar-refractivity contribution < 1.29 is 14.3 Å². The molecule has 2 aliphatic heterocycles. The third-order valence-electron chi connectivity index (χ3n) is 5.62. The van der Waals surface area contributed by atoms with E-state index in [1.165, 1.54) is 25.7 Å². The van der Waals surface area contributed by atoms with Crippen molar-refractivity contribution in [2.75, 3.05) is 13.1 Å². The van der Waals surface area contributed by atoms with E-state index in [9.17, 15) is 9.59 Å². The van der Waals surface area contributed by atoms with Gasteiger partial charge in [0.2, 0.25) is 0 Å². The predicted molar refractivity (Wildman–Crippen MR) is 88.3 cm³/mol. The number of rotatable bonds is 1. The van der Waals surface area contributed by atoms with Crippen LogP contribution in [-0.2, 0) is 11.2 Å². The first kappa shape index (κ1) is 15.3. The molecule has 1 aromatic rings. The molecule has 4 rings (SSSR count). The zero-order valence-corrected chi connectivity index (χ0v) is 13.7. The number of nitrogens with one attached hydrogen (secondary N) is 2. The normalized spacial score (nSPS) is 23.8. The molecule has 1 atom stereocenters. The average molecular weight is 329 g/mol. The Hall–Kier alpha value is -2.24. The molecule has 6 nitrogen and oxygen atoms in total. The van der Waals surface area contributed by atoms with E-state index in [1.54, 1.807) is 0 Å². The molecule has 3 aliphatic rings. The lowest BCUT2D eigenvalue weighted by Gasteiger charge is -2.23. The molecule has 1 spiro atoms. The van der Waals surface area contributed by atoms with E-state index in [-0.39, 0.29) is 11.9 Å². The fourth-order valence-corrected chi connectivity index (χ4v) is 4.24. The van der Waals surface area contributed by atoms with E-state index in [0.29, 0.717) is 11.8 Å². The van der Waals surface area contributed by atoms with Gasteiger partial charge in [-0.15, -0.1) is 0 Å². The molecule has 24 heavy (non-hydrogen) atoms. The molecule has 1 aromatic carbocycles. The van der Waals surface area contributed by atoms with Crippen molar-refractivity contribution in [2.24, 2.45) is 5.41 Å². The van der Waals surface area contributed by atoms with Gasteiger partial charge in [0.15, 0.2) is 6.10 Å². The quantitative estimate of drug-likeness (QED) is 0.774. The molecule has 2 fully saturated rings. The summed E-state index contributed by atoms with van der Waals surface area (Å²) in [6, 6.07) is 7.39. The highest BCUT2D eigenvalue weighted by Crippen LogP contribution is 2.45. The van der Waals surface area contributed by atoms with Crippen LogP contribution in [0.3, 0.4) is 0 Å². The summed E-state index contributed by atoms with van der Waals surface area (Å²) in [7, 11) is 0. The molecule has 128 valence electrons. The maximum Gasteiger partial charge on any atom is 0.336 e. The van der Waals surface area contributed by atoms with Crippen molar-refractivity contribution in [1.82, 2.24) is 15.8 Å². The molecule has 1 saturated heterocycles. The highest BCUT2D eigenvalue weighted by Gasteiger charge is 2.41. The summed E-state index contributed by atoms with van der Waals surface area (Å²) in [6.07, 6.45) is 6.01. The van der Waals surface area contributed by atoms with Gasteiger partial charge in [0.05, 0.1) is 0 Å². The third-order valence-corrected chi connectivity index (χ3v) is 5.62. The zero-order valence-electron chi connectivity index (χ0n) is 13.7. The van der Waals surface area contributed by atoms with Gasteiger partial charge in [-0.25, -0.2) is 10.2 Å². The minimum absolute atomic E-state index is 0.220. The summed E-state index contributed by atoms with van der Waals surface area (Å²) in [5, 5.41) is 0. The topological polar surface area (TPSA) is 70.7 Å².